The summed E-state index contributed by atoms with van der Waals surface area (Å²) in [6.45, 7) is 6.25. The van der Waals surface area contributed by atoms with Gasteiger partial charge in [-0.1, -0.05) is 6.92 Å². The van der Waals surface area contributed by atoms with E-state index in [0.29, 0.717) is 18.5 Å². The van der Waals surface area contributed by atoms with Crippen LogP contribution in [0.1, 0.15) is 56.3 Å². The molecule has 0 saturated carbocycles. The molecule has 1 saturated heterocycles. The lowest BCUT2D eigenvalue weighted by molar-refractivity contribution is -0.132. The van der Waals surface area contributed by atoms with Crippen LogP contribution in [0, 0.1) is 0 Å². The first-order valence-corrected chi connectivity index (χ1v) is 8.24. The third-order valence-corrected chi connectivity index (χ3v) is 4.43. The molecule has 22 heavy (non-hydrogen) atoms. The molecule has 1 aliphatic rings. The monoisotopic (exact) mass is 306 g/mol. The van der Waals surface area contributed by atoms with Gasteiger partial charge in [0.25, 0.3) is 5.91 Å². The second-order valence-corrected chi connectivity index (χ2v) is 5.96. The van der Waals surface area contributed by atoms with Gasteiger partial charge < -0.3 is 14.2 Å². The third-order valence-electron chi connectivity index (χ3n) is 4.43. The average molecular weight is 306 g/mol. The van der Waals surface area contributed by atoms with Gasteiger partial charge in [-0.25, -0.2) is 0 Å². The van der Waals surface area contributed by atoms with Gasteiger partial charge in [-0.2, -0.15) is 0 Å². The van der Waals surface area contributed by atoms with Crippen LogP contribution >= 0.6 is 0 Å². The molecule has 0 radical (unpaired) electrons. The molecular weight excluding hydrogens is 280 g/mol. The van der Waals surface area contributed by atoms with Crippen LogP contribution in [0.5, 0.6) is 0 Å². The number of hydrogen-bond acceptors (Lipinski definition) is 3. The van der Waals surface area contributed by atoms with E-state index in [2.05, 4.69) is 0 Å². The number of hydrogen-bond donors (Lipinski definition) is 0. The van der Waals surface area contributed by atoms with Crippen LogP contribution in [-0.4, -0.2) is 47.3 Å². The number of carbonyl (C=O) groups is 2. The summed E-state index contributed by atoms with van der Waals surface area (Å²) < 4.78 is 5.00. The highest BCUT2D eigenvalue weighted by atomic mass is 16.3. The maximum absolute atomic E-state index is 12.5. The highest BCUT2D eigenvalue weighted by Gasteiger charge is 2.23. The Morgan fingerprint density at radius 1 is 1.32 bits per heavy atom. The van der Waals surface area contributed by atoms with E-state index < -0.39 is 0 Å². The predicted octanol–water partition coefficient (Wildman–Crippen LogP) is 2.92. The predicted molar refractivity (Wildman–Crippen MR) is 84.5 cm³/mol. The van der Waals surface area contributed by atoms with Crippen molar-refractivity contribution in [1.82, 2.24) is 9.80 Å². The topological polar surface area (TPSA) is 53.8 Å². The van der Waals surface area contributed by atoms with Gasteiger partial charge in [-0.15, -0.1) is 0 Å². The molecule has 1 fully saturated rings. The molecule has 1 aromatic rings. The zero-order valence-electron chi connectivity index (χ0n) is 13.6. The van der Waals surface area contributed by atoms with Crippen LogP contribution in [0.2, 0.25) is 0 Å². The van der Waals surface area contributed by atoms with Gasteiger partial charge in [0.05, 0.1) is 11.8 Å². The first-order valence-electron chi connectivity index (χ1n) is 8.24. The Labute approximate surface area is 132 Å². The Balaban J connectivity index is 1.95. The summed E-state index contributed by atoms with van der Waals surface area (Å²) in [5, 5.41) is 0. The molecule has 0 aromatic carbocycles. The fourth-order valence-electron chi connectivity index (χ4n) is 2.81. The number of carbonyl (C=O) groups excluding carboxylic acids is 2. The number of rotatable bonds is 6. The Bertz CT molecular complexity index is 478. The average Bonchev–Trinajstić information content (AvgIpc) is 3.09. The van der Waals surface area contributed by atoms with Crippen LogP contribution in [0.4, 0.5) is 0 Å². The quantitative estimate of drug-likeness (QED) is 0.812. The van der Waals surface area contributed by atoms with Gasteiger partial charge in [0.1, 0.15) is 6.26 Å². The summed E-state index contributed by atoms with van der Waals surface area (Å²) in [4.78, 5) is 28.5. The Kier molecular flexibility index (Phi) is 6.04. The van der Waals surface area contributed by atoms with Crippen molar-refractivity contribution in [2.45, 2.75) is 52.0 Å². The number of furan rings is 1. The van der Waals surface area contributed by atoms with Gasteiger partial charge in [0, 0.05) is 32.1 Å². The lowest BCUT2D eigenvalue weighted by Crippen LogP contribution is -2.42. The molecule has 122 valence electrons. The summed E-state index contributed by atoms with van der Waals surface area (Å²) in [6, 6.07) is 1.78. The van der Waals surface area contributed by atoms with Crippen molar-refractivity contribution < 1.29 is 14.0 Å². The molecule has 2 heterocycles. The van der Waals surface area contributed by atoms with Gasteiger partial charge in [-0.05, 0) is 38.7 Å². The van der Waals surface area contributed by atoms with Crippen molar-refractivity contribution in [2.24, 2.45) is 0 Å². The molecule has 5 heteroatoms. The van der Waals surface area contributed by atoms with E-state index >= 15 is 0 Å². The molecule has 2 amide bonds. The first kappa shape index (κ1) is 16.6. The highest BCUT2D eigenvalue weighted by Crippen LogP contribution is 2.14. The number of likely N-dealkylation sites (tertiary alicyclic amines) is 1. The molecule has 0 spiro atoms. The lowest BCUT2D eigenvalue weighted by Gasteiger charge is -2.31. The van der Waals surface area contributed by atoms with E-state index in [9.17, 15) is 9.59 Å². The van der Waals surface area contributed by atoms with E-state index in [0.717, 1.165) is 32.4 Å². The zero-order chi connectivity index (χ0) is 15.9. The molecule has 5 nitrogen and oxygen atoms in total. The van der Waals surface area contributed by atoms with Crippen LogP contribution in [0.15, 0.2) is 23.0 Å². The normalized spacial score (nSPS) is 16.4. The molecule has 0 N–H and O–H groups in total. The Hall–Kier alpha value is -1.78. The number of piperidine rings is 1. The van der Waals surface area contributed by atoms with E-state index in [-0.39, 0.29) is 17.9 Å². The van der Waals surface area contributed by atoms with Crippen molar-refractivity contribution in [3.8, 4) is 0 Å². The van der Waals surface area contributed by atoms with Crippen molar-refractivity contribution in [2.75, 3.05) is 19.6 Å². The molecular formula is C17H26N2O3. The summed E-state index contributed by atoms with van der Waals surface area (Å²) in [5.41, 5.74) is 0.547. The van der Waals surface area contributed by atoms with Crippen molar-refractivity contribution in [3.05, 3.63) is 24.2 Å². The summed E-state index contributed by atoms with van der Waals surface area (Å²) in [5.74, 6) is 0.0996. The summed E-state index contributed by atoms with van der Waals surface area (Å²) in [6.07, 6.45) is 7.62. The van der Waals surface area contributed by atoms with E-state index in [4.69, 9.17) is 4.42 Å². The third kappa shape index (κ3) is 4.12. The van der Waals surface area contributed by atoms with Crippen LogP contribution in [-0.2, 0) is 4.79 Å². The molecule has 0 aliphatic carbocycles. The van der Waals surface area contributed by atoms with Gasteiger partial charge >= 0.3 is 0 Å². The number of amides is 2. The van der Waals surface area contributed by atoms with Crippen molar-refractivity contribution in [3.63, 3.8) is 0 Å². The number of nitrogens with zero attached hydrogens (tertiary/aromatic N) is 2. The minimum Gasteiger partial charge on any atom is -0.472 e. The maximum Gasteiger partial charge on any atom is 0.257 e. The molecule has 0 bridgehead atoms. The molecule has 2 rings (SSSR count). The minimum absolute atomic E-state index is 0.0606. The fourth-order valence-corrected chi connectivity index (χ4v) is 2.81. The van der Waals surface area contributed by atoms with Gasteiger partial charge in [0.15, 0.2) is 0 Å². The van der Waals surface area contributed by atoms with Gasteiger partial charge in [-0.3, -0.25) is 9.59 Å². The van der Waals surface area contributed by atoms with E-state index in [1.54, 1.807) is 11.0 Å². The summed E-state index contributed by atoms with van der Waals surface area (Å²) >= 11 is 0. The SMILES string of the molecule is CC[C@@H](C)N(CCC(=O)N1CCCCC1)C(=O)c1ccoc1. The summed E-state index contributed by atoms with van der Waals surface area (Å²) in [7, 11) is 0. The van der Waals surface area contributed by atoms with Crippen LogP contribution < -0.4 is 0 Å². The lowest BCUT2D eigenvalue weighted by atomic mass is 10.1. The highest BCUT2D eigenvalue weighted by molar-refractivity contribution is 5.94. The van der Waals surface area contributed by atoms with E-state index in [1.165, 1.54) is 18.9 Å². The second kappa shape index (κ2) is 8.01. The first-order chi connectivity index (χ1) is 10.6. The van der Waals surface area contributed by atoms with Crippen LogP contribution in [0.25, 0.3) is 0 Å². The second-order valence-electron chi connectivity index (χ2n) is 5.96. The van der Waals surface area contributed by atoms with Gasteiger partial charge in [0.2, 0.25) is 5.91 Å². The van der Waals surface area contributed by atoms with Crippen molar-refractivity contribution in [1.29, 1.82) is 0 Å². The standard InChI is InChI=1S/C17H26N2O3/c1-3-14(2)19(17(21)15-8-12-22-13-15)11-7-16(20)18-9-5-4-6-10-18/h8,12-14H,3-7,9-11H2,1-2H3/t14-/m1/s1. The van der Waals surface area contributed by atoms with Crippen molar-refractivity contribution >= 4 is 11.8 Å². The Morgan fingerprint density at radius 3 is 2.64 bits per heavy atom. The molecule has 1 atom stereocenters. The van der Waals surface area contributed by atoms with E-state index in [1.807, 2.05) is 18.7 Å². The maximum atomic E-state index is 12.5. The molecule has 0 unspecified atom stereocenters. The fraction of sp³-hybridized carbons (Fsp3) is 0.647. The minimum atomic E-state index is -0.0606. The molecule has 1 aliphatic heterocycles. The largest absolute Gasteiger partial charge is 0.472 e. The Morgan fingerprint density at radius 2 is 2.05 bits per heavy atom. The smallest absolute Gasteiger partial charge is 0.257 e. The zero-order valence-corrected chi connectivity index (χ0v) is 13.6. The van der Waals surface area contributed by atoms with Crippen LogP contribution in [0.3, 0.4) is 0 Å². The molecule has 1 aromatic heterocycles.